The zero-order valence-electron chi connectivity index (χ0n) is 19.1. The van der Waals surface area contributed by atoms with E-state index in [1.54, 1.807) is 7.11 Å². The molecule has 0 N–H and O–H groups in total. The Morgan fingerprint density at radius 1 is 0.857 bits per heavy atom. The van der Waals surface area contributed by atoms with Crippen molar-refractivity contribution in [3.05, 3.63) is 23.5 Å². The van der Waals surface area contributed by atoms with E-state index in [0.29, 0.717) is 6.61 Å². The first-order valence-electron chi connectivity index (χ1n) is 11.7. The van der Waals surface area contributed by atoms with Gasteiger partial charge in [0.1, 0.15) is 0 Å². The molecular weight excluding hydrogens is 346 g/mol. The second kappa shape index (κ2) is 16.8. The highest BCUT2D eigenvalue weighted by molar-refractivity contribution is 5.13. The summed E-state index contributed by atoms with van der Waals surface area (Å²) >= 11 is 0. The fourth-order valence-electron chi connectivity index (χ4n) is 3.74. The molecule has 0 aliphatic rings. The van der Waals surface area contributed by atoms with Crippen LogP contribution in [-0.2, 0) is 11.3 Å². The first kappa shape index (κ1) is 24.9. The average molecular weight is 392 g/mol. The molecule has 162 valence electrons. The van der Waals surface area contributed by atoms with Gasteiger partial charge in [-0.2, -0.15) is 10.2 Å². The summed E-state index contributed by atoms with van der Waals surface area (Å²) in [6.45, 7) is 9.35. The summed E-state index contributed by atoms with van der Waals surface area (Å²) in [7, 11) is 1.77. The molecule has 0 spiro atoms. The summed E-state index contributed by atoms with van der Waals surface area (Å²) in [4.78, 5) is 0. The number of nitrogens with zero attached hydrogens (tertiary/aromatic N) is 3. The number of methoxy groups -OCH3 is 1. The van der Waals surface area contributed by atoms with Crippen LogP contribution in [0.5, 0.6) is 0 Å². The summed E-state index contributed by atoms with van der Waals surface area (Å²) in [5.41, 5.74) is 2.74. The molecule has 0 aromatic carbocycles. The molecule has 0 bridgehead atoms. The molecule has 0 aliphatic carbocycles. The molecule has 4 nitrogen and oxygen atoms in total. The Kier molecular flexibility index (Phi) is 14.9. The van der Waals surface area contributed by atoms with Crippen LogP contribution in [0.4, 0.5) is 0 Å². The van der Waals surface area contributed by atoms with Crippen LogP contribution in [0.15, 0.2) is 22.4 Å². The third-order valence-corrected chi connectivity index (χ3v) is 5.55. The molecule has 28 heavy (non-hydrogen) atoms. The number of azo groups is 1. The van der Waals surface area contributed by atoms with Crippen LogP contribution >= 0.6 is 0 Å². The van der Waals surface area contributed by atoms with Crippen molar-refractivity contribution >= 4 is 0 Å². The molecule has 0 saturated carbocycles. The van der Waals surface area contributed by atoms with Gasteiger partial charge in [-0.25, -0.2) is 0 Å². The van der Waals surface area contributed by atoms with E-state index in [2.05, 4.69) is 47.7 Å². The molecule has 0 aliphatic heterocycles. The third kappa shape index (κ3) is 11.6. The van der Waals surface area contributed by atoms with Crippen LogP contribution in [-0.4, -0.2) is 30.9 Å². The van der Waals surface area contributed by atoms with Crippen LogP contribution in [0.25, 0.3) is 0 Å². The molecule has 1 rings (SSSR count). The summed E-state index contributed by atoms with van der Waals surface area (Å²) in [6, 6.07) is 4.66. The molecule has 0 fully saturated rings. The van der Waals surface area contributed by atoms with Crippen LogP contribution < -0.4 is 0 Å². The molecule has 1 aromatic rings. The predicted molar refractivity (Wildman–Crippen MR) is 120 cm³/mol. The summed E-state index contributed by atoms with van der Waals surface area (Å²) < 4.78 is 7.74. The molecule has 0 amide bonds. The number of rotatable bonds is 18. The van der Waals surface area contributed by atoms with Gasteiger partial charge in [0.25, 0.3) is 0 Å². The molecule has 1 atom stereocenters. The van der Waals surface area contributed by atoms with Gasteiger partial charge in [-0.3, -0.25) is 0 Å². The van der Waals surface area contributed by atoms with Gasteiger partial charge in [0, 0.05) is 25.0 Å². The van der Waals surface area contributed by atoms with Crippen LogP contribution in [0, 0.1) is 13.8 Å². The second-order valence-corrected chi connectivity index (χ2v) is 8.18. The topological polar surface area (TPSA) is 38.9 Å². The first-order chi connectivity index (χ1) is 13.7. The second-order valence-electron chi connectivity index (χ2n) is 8.18. The lowest BCUT2D eigenvalue weighted by Crippen LogP contribution is -2.11. The van der Waals surface area contributed by atoms with Crippen molar-refractivity contribution < 1.29 is 4.74 Å². The van der Waals surface area contributed by atoms with E-state index in [1.165, 1.54) is 75.6 Å². The van der Waals surface area contributed by atoms with E-state index in [1.807, 2.05) is 0 Å². The van der Waals surface area contributed by atoms with Gasteiger partial charge in [0.05, 0.1) is 19.2 Å². The van der Waals surface area contributed by atoms with E-state index in [0.717, 1.165) is 25.9 Å². The number of aryl methyl sites for hydroxylation is 2. The lowest BCUT2D eigenvalue weighted by molar-refractivity contribution is 0.173. The Morgan fingerprint density at radius 3 is 2.14 bits per heavy atom. The van der Waals surface area contributed by atoms with Crippen LogP contribution in [0.1, 0.15) is 95.4 Å². The Bertz CT molecular complexity index is 490. The molecular formula is C24H45N3O. The van der Waals surface area contributed by atoms with Crippen molar-refractivity contribution in [2.45, 2.75) is 110 Å². The zero-order chi connectivity index (χ0) is 20.5. The summed E-state index contributed by atoms with van der Waals surface area (Å²) in [5.74, 6) is 0. The maximum atomic E-state index is 5.32. The van der Waals surface area contributed by atoms with Gasteiger partial charge in [0.15, 0.2) is 0 Å². The van der Waals surface area contributed by atoms with Crippen molar-refractivity contribution in [3.63, 3.8) is 0 Å². The van der Waals surface area contributed by atoms with Gasteiger partial charge in [-0.1, -0.05) is 64.7 Å². The monoisotopic (exact) mass is 391 g/mol. The molecule has 1 aromatic heterocycles. The summed E-state index contributed by atoms with van der Waals surface area (Å²) in [6.07, 6.45) is 15.4. The van der Waals surface area contributed by atoms with Crippen molar-refractivity contribution in [1.82, 2.24) is 4.57 Å². The third-order valence-electron chi connectivity index (χ3n) is 5.55. The Morgan fingerprint density at radius 2 is 1.46 bits per heavy atom. The van der Waals surface area contributed by atoms with Gasteiger partial charge in [0.2, 0.25) is 0 Å². The molecule has 0 saturated heterocycles. The minimum Gasteiger partial charge on any atom is -0.382 e. The van der Waals surface area contributed by atoms with Crippen LogP contribution in [0.3, 0.4) is 0 Å². The van der Waals surface area contributed by atoms with Gasteiger partial charge in [-0.15, -0.1) is 0 Å². The maximum absolute atomic E-state index is 5.32. The highest BCUT2D eigenvalue weighted by atomic mass is 16.5. The van der Waals surface area contributed by atoms with E-state index in [-0.39, 0.29) is 6.04 Å². The summed E-state index contributed by atoms with van der Waals surface area (Å²) in [5, 5.41) is 8.98. The van der Waals surface area contributed by atoms with E-state index in [9.17, 15) is 0 Å². The largest absolute Gasteiger partial charge is 0.382 e. The molecule has 1 unspecified atom stereocenters. The van der Waals surface area contributed by atoms with E-state index >= 15 is 0 Å². The predicted octanol–water partition coefficient (Wildman–Crippen LogP) is 7.27. The lowest BCUT2D eigenvalue weighted by atomic mass is 10.1. The standard InChI is InChI=1S/C24H45N3O/c1-5-6-7-8-9-10-13-16-24(21-28-4)26-25-19-14-11-12-15-20-27-22(2)17-18-23(27)3/h17-18,24H,5-16,19-21H2,1-4H3. The average Bonchev–Trinajstić information content (AvgIpc) is 3.01. The fraction of sp³-hybridized carbons (Fsp3) is 0.833. The molecule has 4 heteroatoms. The Labute approximate surface area is 174 Å². The minimum absolute atomic E-state index is 0.250. The highest BCUT2D eigenvalue weighted by Gasteiger charge is 2.06. The Hall–Kier alpha value is -1.16. The Balaban J connectivity index is 2.05. The van der Waals surface area contributed by atoms with Gasteiger partial charge >= 0.3 is 0 Å². The molecule has 0 radical (unpaired) electrons. The number of unbranched alkanes of at least 4 members (excludes halogenated alkanes) is 9. The zero-order valence-corrected chi connectivity index (χ0v) is 19.1. The quantitative estimate of drug-likeness (QED) is 0.191. The van der Waals surface area contributed by atoms with Gasteiger partial charge < -0.3 is 9.30 Å². The number of aromatic nitrogens is 1. The number of ether oxygens (including phenoxy) is 1. The molecule has 1 heterocycles. The lowest BCUT2D eigenvalue weighted by Gasteiger charge is -2.10. The van der Waals surface area contributed by atoms with Crippen molar-refractivity contribution in [2.24, 2.45) is 10.2 Å². The minimum atomic E-state index is 0.250. The normalized spacial score (nSPS) is 12.9. The smallest absolute Gasteiger partial charge is 0.0941 e. The van der Waals surface area contributed by atoms with E-state index in [4.69, 9.17) is 4.74 Å². The highest BCUT2D eigenvalue weighted by Crippen LogP contribution is 2.13. The van der Waals surface area contributed by atoms with E-state index < -0.39 is 0 Å². The van der Waals surface area contributed by atoms with Crippen molar-refractivity contribution in [3.8, 4) is 0 Å². The van der Waals surface area contributed by atoms with Crippen LogP contribution in [0.2, 0.25) is 0 Å². The van der Waals surface area contributed by atoms with Crippen molar-refractivity contribution in [1.29, 1.82) is 0 Å². The van der Waals surface area contributed by atoms with Gasteiger partial charge in [-0.05, 0) is 45.2 Å². The fourth-order valence-corrected chi connectivity index (χ4v) is 3.74. The van der Waals surface area contributed by atoms with Crippen molar-refractivity contribution in [2.75, 3.05) is 20.3 Å². The number of hydrogen-bond donors (Lipinski definition) is 0. The SMILES string of the molecule is CCCCCCCCCC(COC)N=NCCCCCCn1c(C)ccc1C. The number of hydrogen-bond acceptors (Lipinski definition) is 3. The maximum Gasteiger partial charge on any atom is 0.0941 e. The first-order valence-corrected chi connectivity index (χ1v) is 11.7.